The zero-order valence-corrected chi connectivity index (χ0v) is 13.9. The van der Waals surface area contributed by atoms with E-state index in [2.05, 4.69) is 5.32 Å². The fourth-order valence-corrected chi connectivity index (χ4v) is 2.29. The zero-order valence-electron chi connectivity index (χ0n) is 13.9. The van der Waals surface area contributed by atoms with Gasteiger partial charge in [-0.25, -0.2) is 0 Å². The van der Waals surface area contributed by atoms with Crippen LogP contribution in [0, 0.1) is 11.3 Å². The first-order valence-electron chi connectivity index (χ1n) is 7.78. The molecular weight excluding hydrogens is 300 g/mol. The SMILES string of the molecule is CCc1ccc(OC)c(/C=C(\C#N)C(=O)NCc2ccccc2)c1. The van der Waals surface area contributed by atoms with Gasteiger partial charge in [0.05, 0.1) is 7.11 Å². The number of amides is 1. The largest absolute Gasteiger partial charge is 0.496 e. The van der Waals surface area contributed by atoms with Gasteiger partial charge in [0, 0.05) is 12.1 Å². The Bertz CT molecular complexity index is 774. The molecule has 0 saturated carbocycles. The van der Waals surface area contributed by atoms with Gasteiger partial charge in [0.2, 0.25) is 0 Å². The summed E-state index contributed by atoms with van der Waals surface area (Å²) in [5, 5.41) is 12.1. The van der Waals surface area contributed by atoms with Crippen molar-refractivity contribution in [2.45, 2.75) is 19.9 Å². The minimum Gasteiger partial charge on any atom is -0.496 e. The molecule has 0 spiro atoms. The highest BCUT2D eigenvalue weighted by atomic mass is 16.5. The molecule has 1 amide bonds. The molecule has 0 radical (unpaired) electrons. The highest BCUT2D eigenvalue weighted by molar-refractivity contribution is 6.01. The normalized spacial score (nSPS) is 10.8. The number of rotatable bonds is 6. The van der Waals surface area contributed by atoms with Crippen LogP contribution in [0.1, 0.15) is 23.6 Å². The molecule has 0 atom stereocenters. The van der Waals surface area contributed by atoms with Crippen LogP contribution in [-0.2, 0) is 17.8 Å². The van der Waals surface area contributed by atoms with E-state index in [4.69, 9.17) is 4.74 Å². The van der Waals surface area contributed by atoms with Crippen molar-refractivity contribution in [1.82, 2.24) is 5.32 Å². The standard InChI is InChI=1S/C20H20N2O2/c1-3-15-9-10-19(24-2)17(11-15)12-18(13-21)20(23)22-14-16-7-5-4-6-8-16/h4-12H,3,14H2,1-2H3,(H,22,23)/b18-12+. The van der Waals surface area contributed by atoms with Crippen molar-refractivity contribution in [1.29, 1.82) is 5.26 Å². The average molecular weight is 320 g/mol. The Labute approximate surface area is 142 Å². The highest BCUT2D eigenvalue weighted by Gasteiger charge is 2.11. The molecule has 24 heavy (non-hydrogen) atoms. The lowest BCUT2D eigenvalue weighted by molar-refractivity contribution is -0.117. The van der Waals surface area contributed by atoms with Crippen LogP contribution in [0.4, 0.5) is 0 Å². The Morgan fingerprint density at radius 3 is 2.58 bits per heavy atom. The molecule has 0 fully saturated rings. The Morgan fingerprint density at radius 1 is 1.21 bits per heavy atom. The Balaban J connectivity index is 2.19. The first-order chi connectivity index (χ1) is 11.7. The number of hydrogen-bond acceptors (Lipinski definition) is 3. The molecule has 2 aromatic carbocycles. The third kappa shape index (κ3) is 4.47. The lowest BCUT2D eigenvalue weighted by Crippen LogP contribution is -2.23. The molecule has 0 aliphatic heterocycles. The van der Waals surface area contributed by atoms with E-state index < -0.39 is 5.91 Å². The number of nitrogens with zero attached hydrogens (tertiary/aromatic N) is 1. The molecule has 122 valence electrons. The quantitative estimate of drug-likeness (QED) is 0.655. The van der Waals surface area contributed by atoms with E-state index in [9.17, 15) is 10.1 Å². The van der Waals surface area contributed by atoms with Crippen molar-refractivity contribution in [3.05, 3.63) is 70.8 Å². The summed E-state index contributed by atoms with van der Waals surface area (Å²) in [5.41, 5.74) is 2.87. The molecule has 2 rings (SSSR count). The number of ether oxygens (including phenoxy) is 1. The van der Waals surface area contributed by atoms with Gasteiger partial charge in [-0.2, -0.15) is 5.26 Å². The third-order valence-electron chi connectivity index (χ3n) is 3.66. The van der Waals surface area contributed by atoms with Gasteiger partial charge in [0.15, 0.2) is 0 Å². The number of benzene rings is 2. The molecule has 4 nitrogen and oxygen atoms in total. The number of aryl methyl sites for hydroxylation is 1. The minimum atomic E-state index is -0.398. The second-order valence-electron chi connectivity index (χ2n) is 5.27. The van der Waals surface area contributed by atoms with E-state index in [-0.39, 0.29) is 5.57 Å². The van der Waals surface area contributed by atoms with Gasteiger partial charge < -0.3 is 10.1 Å². The number of hydrogen-bond donors (Lipinski definition) is 1. The highest BCUT2D eigenvalue weighted by Crippen LogP contribution is 2.23. The van der Waals surface area contributed by atoms with Gasteiger partial charge in [0.1, 0.15) is 17.4 Å². The molecule has 0 bridgehead atoms. The summed E-state index contributed by atoms with van der Waals surface area (Å²) in [4.78, 5) is 12.3. The number of nitriles is 1. The second-order valence-corrected chi connectivity index (χ2v) is 5.27. The number of methoxy groups -OCH3 is 1. The van der Waals surface area contributed by atoms with Crippen LogP contribution in [0.15, 0.2) is 54.1 Å². The lowest BCUT2D eigenvalue weighted by atomic mass is 10.0. The van der Waals surface area contributed by atoms with Crippen LogP contribution in [-0.4, -0.2) is 13.0 Å². The molecule has 1 N–H and O–H groups in total. The van der Waals surface area contributed by atoms with Gasteiger partial charge in [-0.15, -0.1) is 0 Å². The maximum absolute atomic E-state index is 12.3. The van der Waals surface area contributed by atoms with Gasteiger partial charge >= 0.3 is 0 Å². The molecule has 0 saturated heterocycles. The molecule has 0 unspecified atom stereocenters. The van der Waals surface area contributed by atoms with Crippen molar-refractivity contribution < 1.29 is 9.53 Å². The van der Waals surface area contributed by atoms with E-state index in [1.807, 2.05) is 61.5 Å². The van der Waals surface area contributed by atoms with Gasteiger partial charge in [-0.3, -0.25) is 4.79 Å². The van der Waals surface area contributed by atoms with Crippen LogP contribution in [0.3, 0.4) is 0 Å². The van der Waals surface area contributed by atoms with Crippen LogP contribution in [0.2, 0.25) is 0 Å². The van der Waals surface area contributed by atoms with E-state index in [1.54, 1.807) is 13.2 Å². The predicted octanol–water partition coefficient (Wildman–Crippen LogP) is 3.48. The third-order valence-corrected chi connectivity index (χ3v) is 3.66. The number of carbonyl (C=O) groups excluding carboxylic acids is 1. The fraction of sp³-hybridized carbons (Fsp3) is 0.200. The fourth-order valence-electron chi connectivity index (χ4n) is 2.29. The van der Waals surface area contributed by atoms with E-state index in [0.717, 1.165) is 23.1 Å². The summed E-state index contributed by atoms with van der Waals surface area (Å²) in [6, 6.07) is 17.3. The summed E-state index contributed by atoms with van der Waals surface area (Å²) in [6.45, 7) is 2.43. The van der Waals surface area contributed by atoms with Crippen molar-refractivity contribution in [2.75, 3.05) is 7.11 Å². The summed E-state index contributed by atoms with van der Waals surface area (Å²) >= 11 is 0. The maximum Gasteiger partial charge on any atom is 0.262 e. The summed E-state index contributed by atoms with van der Waals surface area (Å²) in [6.07, 6.45) is 2.44. The van der Waals surface area contributed by atoms with Gasteiger partial charge in [-0.1, -0.05) is 43.3 Å². The van der Waals surface area contributed by atoms with E-state index in [0.29, 0.717) is 12.3 Å². The molecular formula is C20H20N2O2. The molecule has 2 aromatic rings. The molecule has 0 aliphatic carbocycles. The minimum absolute atomic E-state index is 0.0532. The van der Waals surface area contributed by atoms with Crippen molar-refractivity contribution in [2.24, 2.45) is 0 Å². The van der Waals surface area contributed by atoms with Gasteiger partial charge in [0.25, 0.3) is 5.91 Å². The van der Waals surface area contributed by atoms with Crippen LogP contribution >= 0.6 is 0 Å². The van der Waals surface area contributed by atoms with Crippen LogP contribution < -0.4 is 10.1 Å². The predicted molar refractivity (Wildman–Crippen MR) is 94.3 cm³/mol. The number of nitrogens with one attached hydrogen (secondary N) is 1. The maximum atomic E-state index is 12.3. The number of carbonyl (C=O) groups is 1. The first kappa shape index (κ1) is 17.3. The second kappa shape index (κ2) is 8.54. The Morgan fingerprint density at radius 2 is 1.96 bits per heavy atom. The van der Waals surface area contributed by atoms with Crippen molar-refractivity contribution >= 4 is 12.0 Å². The summed E-state index contributed by atoms with van der Waals surface area (Å²) < 4.78 is 5.31. The molecule has 0 aliphatic rings. The summed E-state index contributed by atoms with van der Waals surface area (Å²) in [5.74, 6) is 0.237. The monoisotopic (exact) mass is 320 g/mol. The molecule has 4 heteroatoms. The first-order valence-corrected chi connectivity index (χ1v) is 7.78. The van der Waals surface area contributed by atoms with E-state index in [1.165, 1.54) is 0 Å². The molecule has 0 aromatic heterocycles. The van der Waals surface area contributed by atoms with Crippen molar-refractivity contribution in [3.63, 3.8) is 0 Å². The molecule has 0 heterocycles. The Kier molecular flexibility index (Phi) is 6.16. The smallest absolute Gasteiger partial charge is 0.262 e. The van der Waals surface area contributed by atoms with Gasteiger partial charge in [-0.05, 0) is 35.8 Å². The van der Waals surface area contributed by atoms with Crippen LogP contribution in [0.25, 0.3) is 6.08 Å². The Hall–Kier alpha value is -3.06. The topological polar surface area (TPSA) is 62.1 Å². The lowest BCUT2D eigenvalue weighted by Gasteiger charge is -2.08. The zero-order chi connectivity index (χ0) is 17.4. The summed E-state index contributed by atoms with van der Waals surface area (Å²) in [7, 11) is 1.57. The van der Waals surface area contributed by atoms with Crippen molar-refractivity contribution in [3.8, 4) is 11.8 Å². The average Bonchev–Trinajstić information content (AvgIpc) is 2.64. The van der Waals surface area contributed by atoms with Crippen LogP contribution in [0.5, 0.6) is 5.75 Å². The van der Waals surface area contributed by atoms with E-state index >= 15 is 0 Å².